The summed E-state index contributed by atoms with van der Waals surface area (Å²) in [5.41, 5.74) is 7.43. The highest BCUT2D eigenvalue weighted by Crippen LogP contribution is 2.18. The van der Waals surface area contributed by atoms with E-state index in [1.807, 2.05) is 30.5 Å². The zero-order valence-corrected chi connectivity index (χ0v) is 11.4. The molecule has 1 fully saturated rings. The first-order valence-corrected chi connectivity index (χ1v) is 6.92. The number of nitrogens with one attached hydrogen (secondary N) is 2. The minimum Gasteiger partial charge on any atom is -0.480 e. The van der Waals surface area contributed by atoms with Crippen LogP contribution in [0, 0.1) is 0 Å². The Morgan fingerprint density at radius 2 is 2.00 bits per heavy atom. The van der Waals surface area contributed by atoms with Crippen molar-refractivity contribution in [3.05, 3.63) is 36.0 Å². The second kappa shape index (κ2) is 7.07. The summed E-state index contributed by atoms with van der Waals surface area (Å²) in [7, 11) is 0. The molecule has 2 aromatic rings. The minimum atomic E-state index is -0.972. The topological polar surface area (TPSA) is 91.1 Å². The number of para-hydroxylation sites is 1. The van der Waals surface area contributed by atoms with Crippen LogP contribution in [0.15, 0.2) is 30.5 Å². The predicted molar refractivity (Wildman–Crippen MR) is 79.7 cm³/mol. The lowest BCUT2D eigenvalue weighted by molar-refractivity contribution is -0.138. The van der Waals surface area contributed by atoms with Crippen molar-refractivity contribution in [1.29, 1.82) is 0 Å². The molecule has 2 heterocycles. The molecule has 1 saturated heterocycles. The standard InChI is InChI=1S/C11H12N2O2.C4H9N/c12-9(11(14)15)5-7-6-13-10-4-2-1-3-8(7)10;1-2-4-5-3-1/h1-4,6,9,13H,5,12H2,(H,14,15);5H,1-4H2. The fraction of sp³-hybridized carbons (Fsp3) is 0.400. The number of hydrogen-bond acceptors (Lipinski definition) is 3. The first-order chi connectivity index (χ1) is 9.68. The Balaban J connectivity index is 0.000000247. The van der Waals surface area contributed by atoms with Crippen LogP contribution >= 0.6 is 0 Å². The van der Waals surface area contributed by atoms with Crippen LogP contribution in [0.2, 0.25) is 0 Å². The van der Waals surface area contributed by atoms with Crippen molar-refractivity contribution in [3.63, 3.8) is 0 Å². The van der Waals surface area contributed by atoms with Gasteiger partial charge in [0, 0.05) is 23.5 Å². The van der Waals surface area contributed by atoms with Crippen LogP contribution in [0.3, 0.4) is 0 Å². The molecule has 5 nitrogen and oxygen atoms in total. The van der Waals surface area contributed by atoms with Crippen molar-refractivity contribution in [3.8, 4) is 0 Å². The van der Waals surface area contributed by atoms with Gasteiger partial charge in [-0.1, -0.05) is 18.2 Å². The molecule has 5 N–H and O–H groups in total. The van der Waals surface area contributed by atoms with Crippen LogP contribution in [-0.4, -0.2) is 35.2 Å². The molecule has 1 atom stereocenters. The van der Waals surface area contributed by atoms with Crippen LogP contribution in [-0.2, 0) is 11.2 Å². The molecule has 1 aromatic heterocycles. The molecule has 1 aromatic carbocycles. The van der Waals surface area contributed by atoms with Crippen molar-refractivity contribution in [1.82, 2.24) is 10.3 Å². The number of H-pyrrole nitrogens is 1. The average Bonchev–Trinajstić information content (AvgIpc) is 3.12. The molecule has 1 aliphatic rings. The number of carbonyl (C=O) groups is 1. The van der Waals surface area contributed by atoms with Gasteiger partial charge in [-0.25, -0.2) is 0 Å². The van der Waals surface area contributed by atoms with Crippen LogP contribution < -0.4 is 11.1 Å². The predicted octanol–water partition coefficient (Wildman–Crippen LogP) is 1.49. The molecule has 5 heteroatoms. The lowest BCUT2D eigenvalue weighted by Gasteiger charge is -2.04. The van der Waals surface area contributed by atoms with E-state index in [-0.39, 0.29) is 0 Å². The summed E-state index contributed by atoms with van der Waals surface area (Å²) in [6.07, 6.45) is 4.94. The Hall–Kier alpha value is -1.85. The molecule has 1 unspecified atom stereocenters. The second-order valence-corrected chi connectivity index (χ2v) is 4.97. The van der Waals surface area contributed by atoms with E-state index < -0.39 is 12.0 Å². The number of fused-ring (bicyclic) bond motifs is 1. The largest absolute Gasteiger partial charge is 0.480 e. The van der Waals surface area contributed by atoms with Gasteiger partial charge >= 0.3 is 5.97 Å². The Morgan fingerprint density at radius 1 is 1.30 bits per heavy atom. The van der Waals surface area contributed by atoms with Crippen molar-refractivity contribution < 1.29 is 9.90 Å². The van der Waals surface area contributed by atoms with Gasteiger partial charge in [-0.05, 0) is 37.6 Å². The normalized spacial score (nSPS) is 15.7. The maximum absolute atomic E-state index is 10.6. The Labute approximate surface area is 118 Å². The molecule has 0 amide bonds. The summed E-state index contributed by atoms with van der Waals surface area (Å²) in [4.78, 5) is 13.7. The maximum atomic E-state index is 10.6. The van der Waals surface area contributed by atoms with Gasteiger partial charge in [0.25, 0.3) is 0 Å². The van der Waals surface area contributed by atoms with Crippen LogP contribution in [0.5, 0.6) is 0 Å². The molecular formula is C15H21N3O2. The monoisotopic (exact) mass is 275 g/mol. The van der Waals surface area contributed by atoms with E-state index in [9.17, 15) is 4.79 Å². The van der Waals surface area contributed by atoms with Crippen molar-refractivity contribution in [2.45, 2.75) is 25.3 Å². The smallest absolute Gasteiger partial charge is 0.320 e. The summed E-state index contributed by atoms with van der Waals surface area (Å²) >= 11 is 0. The highest BCUT2D eigenvalue weighted by Gasteiger charge is 2.14. The molecule has 3 rings (SSSR count). The fourth-order valence-electron chi connectivity index (χ4n) is 2.25. The Kier molecular flexibility index (Phi) is 5.15. The van der Waals surface area contributed by atoms with E-state index in [2.05, 4.69) is 10.3 Å². The molecule has 0 spiro atoms. The Bertz CT molecular complexity index is 553. The second-order valence-electron chi connectivity index (χ2n) is 4.97. The number of aliphatic carboxylic acids is 1. The number of hydrogen-bond donors (Lipinski definition) is 4. The molecule has 108 valence electrons. The zero-order valence-electron chi connectivity index (χ0n) is 11.4. The third-order valence-electron chi connectivity index (χ3n) is 3.39. The van der Waals surface area contributed by atoms with Gasteiger partial charge in [0.2, 0.25) is 0 Å². The van der Waals surface area contributed by atoms with Crippen molar-refractivity contribution in [2.24, 2.45) is 5.73 Å². The number of rotatable bonds is 3. The SMILES string of the molecule is C1CCNC1.NC(Cc1c[nH]c2ccccc12)C(=O)O. The van der Waals surface area contributed by atoms with Gasteiger partial charge in [0.15, 0.2) is 0 Å². The fourth-order valence-corrected chi connectivity index (χ4v) is 2.25. The third-order valence-corrected chi connectivity index (χ3v) is 3.39. The molecule has 0 bridgehead atoms. The van der Waals surface area contributed by atoms with Gasteiger partial charge in [-0.2, -0.15) is 0 Å². The molecule has 0 saturated carbocycles. The highest BCUT2D eigenvalue weighted by atomic mass is 16.4. The van der Waals surface area contributed by atoms with Crippen molar-refractivity contribution >= 4 is 16.9 Å². The number of carboxylic acid groups (broad SMARTS) is 1. The highest BCUT2D eigenvalue weighted by molar-refractivity contribution is 5.84. The number of aromatic nitrogens is 1. The maximum Gasteiger partial charge on any atom is 0.320 e. The van der Waals surface area contributed by atoms with Crippen LogP contribution in [0.4, 0.5) is 0 Å². The van der Waals surface area contributed by atoms with Crippen molar-refractivity contribution in [2.75, 3.05) is 13.1 Å². The molecule has 1 aliphatic heterocycles. The molecule has 0 radical (unpaired) electrons. The number of aromatic amines is 1. The van der Waals surface area contributed by atoms with E-state index in [1.54, 1.807) is 0 Å². The summed E-state index contributed by atoms with van der Waals surface area (Å²) < 4.78 is 0. The van der Waals surface area contributed by atoms with Gasteiger partial charge in [-0.15, -0.1) is 0 Å². The molecule has 0 aliphatic carbocycles. The summed E-state index contributed by atoms with van der Waals surface area (Å²) in [5.74, 6) is -0.972. The summed E-state index contributed by atoms with van der Waals surface area (Å²) in [6.45, 7) is 2.50. The van der Waals surface area contributed by atoms with E-state index >= 15 is 0 Å². The summed E-state index contributed by atoms with van der Waals surface area (Å²) in [6, 6.07) is 6.91. The first-order valence-electron chi connectivity index (χ1n) is 6.92. The number of carboxylic acids is 1. The van der Waals surface area contributed by atoms with Gasteiger partial charge < -0.3 is 21.1 Å². The lowest BCUT2D eigenvalue weighted by Crippen LogP contribution is -2.32. The molecular weight excluding hydrogens is 254 g/mol. The van der Waals surface area contributed by atoms with Gasteiger partial charge in [0.05, 0.1) is 0 Å². The van der Waals surface area contributed by atoms with E-state index in [1.165, 1.54) is 25.9 Å². The van der Waals surface area contributed by atoms with Crippen LogP contribution in [0.1, 0.15) is 18.4 Å². The number of nitrogens with two attached hydrogens (primary N) is 1. The summed E-state index contributed by atoms with van der Waals surface area (Å²) in [5, 5.41) is 13.0. The lowest BCUT2D eigenvalue weighted by atomic mass is 10.1. The van der Waals surface area contributed by atoms with E-state index in [4.69, 9.17) is 10.8 Å². The zero-order chi connectivity index (χ0) is 14.4. The first kappa shape index (κ1) is 14.6. The Morgan fingerprint density at radius 3 is 2.60 bits per heavy atom. The van der Waals surface area contributed by atoms with E-state index in [0.717, 1.165) is 16.5 Å². The quantitative estimate of drug-likeness (QED) is 0.683. The van der Waals surface area contributed by atoms with Gasteiger partial charge in [0.1, 0.15) is 6.04 Å². The molecule has 20 heavy (non-hydrogen) atoms. The minimum absolute atomic E-state index is 0.347. The average molecular weight is 275 g/mol. The van der Waals surface area contributed by atoms with Crippen LogP contribution in [0.25, 0.3) is 10.9 Å². The number of benzene rings is 1. The third kappa shape index (κ3) is 3.82. The van der Waals surface area contributed by atoms with Gasteiger partial charge in [-0.3, -0.25) is 4.79 Å². The van der Waals surface area contributed by atoms with E-state index in [0.29, 0.717) is 6.42 Å².